The van der Waals surface area contributed by atoms with Gasteiger partial charge in [-0.15, -0.1) is 0 Å². The molecular formula is C15H18N2O3. The maximum atomic E-state index is 12.7. The normalized spacial score (nSPS) is 10.3. The second-order valence-electron chi connectivity index (χ2n) is 4.31. The fourth-order valence-corrected chi connectivity index (χ4v) is 2.09. The maximum absolute atomic E-state index is 12.7. The molecule has 0 aliphatic carbocycles. The highest BCUT2D eigenvalue weighted by Gasteiger charge is 2.23. The van der Waals surface area contributed by atoms with Crippen LogP contribution >= 0.6 is 0 Å². The molecule has 0 fully saturated rings. The smallest absolute Gasteiger partial charge is 0.218 e. The number of hydrogen-bond donors (Lipinski definition) is 0. The number of para-hydroxylation sites is 1. The predicted molar refractivity (Wildman–Crippen MR) is 75.5 cm³/mol. The molecule has 1 aromatic carbocycles. The molecule has 0 saturated heterocycles. The second kappa shape index (κ2) is 6.23. The topological polar surface area (TPSA) is 53.4 Å². The first-order valence-corrected chi connectivity index (χ1v) is 6.50. The number of aryl methyl sites for hydroxylation is 1. The lowest BCUT2D eigenvalue weighted by molar-refractivity contribution is 0.102. The van der Waals surface area contributed by atoms with Crippen LogP contribution in [0.1, 0.15) is 29.4 Å². The zero-order valence-corrected chi connectivity index (χ0v) is 11.9. The number of carbonyl (C=O) groups is 1. The molecule has 1 heterocycles. The zero-order chi connectivity index (χ0) is 14.5. The van der Waals surface area contributed by atoms with Crippen molar-refractivity contribution >= 4 is 5.78 Å². The number of carbonyl (C=O) groups excluding carboxylic acids is 1. The van der Waals surface area contributed by atoms with Gasteiger partial charge in [0.15, 0.2) is 11.4 Å². The third-order valence-electron chi connectivity index (χ3n) is 3.03. The van der Waals surface area contributed by atoms with Crippen LogP contribution in [0.15, 0.2) is 30.5 Å². The van der Waals surface area contributed by atoms with E-state index in [1.165, 1.54) is 7.11 Å². The van der Waals surface area contributed by atoms with Crippen molar-refractivity contribution in [2.75, 3.05) is 14.2 Å². The van der Waals surface area contributed by atoms with E-state index in [2.05, 4.69) is 5.10 Å². The summed E-state index contributed by atoms with van der Waals surface area (Å²) < 4.78 is 12.2. The van der Waals surface area contributed by atoms with Crippen LogP contribution in [-0.2, 0) is 6.54 Å². The summed E-state index contributed by atoms with van der Waals surface area (Å²) in [5.41, 5.74) is 0.963. The van der Waals surface area contributed by atoms with Gasteiger partial charge in [0.05, 0.1) is 26.0 Å². The summed E-state index contributed by atoms with van der Waals surface area (Å²) in [6, 6.07) is 7.14. The Morgan fingerprint density at radius 1 is 1.20 bits per heavy atom. The van der Waals surface area contributed by atoms with Crippen molar-refractivity contribution in [3.05, 3.63) is 41.7 Å². The fraction of sp³-hybridized carbons (Fsp3) is 0.333. The van der Waals surface area contributed by atoms with Gasteiger partial charge in [0, 0.05) is 6.54 Å². The van der Waals surface area contributed by atoms with Gasteiger partial charge >= 0.3 is 0 Å². The van der Waals surface area contributed by atoms with Gasteiger partial charge < -0.3 is 9.47 Å². The van der Waals surface area contributed by atoms with Gasteiger partial charge in [0.2, 0.25) is 5.78 Å². The van der Waals surface area contributed by atoms with Crippen molar-refractivity contribution in [2.45, 2.75) is 19.9 Å². The SMILES string of the molecule is CCCn1ncc(OC)c1C(=O)c1ccccc1OC. The van der Waals surface area contributed by atoms with Gasteiger partial charge in [0.25, 0.3) is 0 Å². The zero-order valence-electron chi connectivity index (χ0n) is 11.9. The first kappa shape index (κ1) is 14.1. The van der Waals surface area contributed by atoms with E-state index in [-0.39, 0.29) is 5.78 Å². The van der Waals surface area contributed by atoms with E-state index in [4.69, 9.17) is 9.47 Å². The number of nitrogens with zero attached hydrogens (tertiary/aromatic N) is 2. The molecule has 106 valence electrons. The quantitative estimate of drug-likeness (QED) is 0.760. The fourth-order valence-electron chi connectivity index (χ4n) is 2.09. The molecule has 0 amide bonds. The molecule has 1 aromatic heterocycles. The Morgan fingerprint density at radius 2 is 1.90 bits per heavy atom. The van der Waals surface area contributed by atoms with E-state index in [0.29, 0.717) is 29.3 Å². The number of benzene rings is 1. The predicted octanol–water partition coefficient (Wildman–Crippen LogP) is 2.54. The second-order valence-corrected chi connectivity index (χ2v) is 4.31. The Labute approximate surface area is 118 Å². The van der Waals surface area contributed by atoms with Crippen molar-refractivity contribution in [2.24, 2.45) is 0 Å². The minimum Gasteiger partial charge on any atom is -0.496 e. The number of hydrogen-bond acceptors (Lipinski definition) is 4. The number of rotatable bonds is 6. The summed E-state index contributed by atoms with van der Waals surface area (Å²) in [5, 5.41) is 4.21. The van der Waals surface area contributed by atoms with Crippen LogP contribution in [0.25, 0.3) is 0 Å². The first-order valence-electron chi connectivity index (χ1n) is 6.50. The monoisotopic (exact) mass is 274 g/mol. The summed E-state index contributed by atoms with van der Waals surface area (Å²) in [6.07, 6.45) is 2.45. The lowest BCUT2D eigenvalue weighted by atomic mass is 10.1. The van der Waals surface area contributed by atoms with E-state index < -0.39 is 0 Å². The minimum atomic E-state index is -0.148. The van der Waals surface area contributed by atoms with Crippen LogP contribution in [0.4, 0.5) is 0 Å². The highest BCUT2D eigenvalue weighted by atomic mass is 16.5. The summed E-state index contributed by atoms with van der Waals surface area (Å²) in [6.45, 7) is 2.70. The van der Waals surface area contributed by atoms with Crippen LogP contribution in [0, 0.1) is 0 Å². The van der Waals surface area contributed by atoms with Crippen molar-refractivity contribution < 1.29 is 14.3 Å². The van der Waals surface area contributed by atoms with Gasteiger partial charge in [-0.05, 0) is 18.6 Å². The van der Waals surface area contributed by atoms with Crippen LogP contribution in [0.2, 0.25) is 0 Å². The molecule has 0 N–H and O–H groups in total. The number of ether oxygens (including phenoxy) is 2. The first-order chi connectivity index (χ1) is 9.72. The summed E-state index contributed by atoms with van der Waals surface area (Å²) in [4.78, 5) is 12.7. The third-order valence-corrected chi connectivity index (χ3v) is 3.03. The Hall–Kier alpha value is -2.30. The van der Waals surface area contributed by atoms with Crippen molar-refractivity contribution in [3.63, 3.8) is 0 Å². The molecule has 0 spiro atoms. The lowest BCUT2D eigenvalue weighted by Gasteiger charge is -2.10. The van der Waals surface area contributed by atoms with Crippen molar-refractivity contribution in [3.8, 4) is 11.5 Å². The molecule has 0 aliphatic heterocycles. The van der Waals surface area contributed by atoms with Gasteiger partial charge in [0.1, 0.15) is 5.75 Å². The molecule has 0 atom stereocenters. The highest BCUT2D eigenvalue weighted by Crippen LogP contribution is 2.26. The molecule has 0 radical (unpaired) electrons. The lowest BCUT2D eigenvalue weighted by Crippen LogP contribution is -2.13. The van der Waals surface area contributed by atoms with Gasteiger partial charge in [-0.3, -0.25) is 9.48 Å². The van der Waals surface area contributed by atoms with E-state index in [9.17, 15) is 4.79 Å². The minimum absolute atomic E-state index is 0.148. The number of ketones is 1. The van der Waals surface area contributed by atoms with Gasteiger partial charge in [-0.25, -0.2) is 0 Å². The van der Waals surface area contributed by atoms with Crippen LogP contribution in [0.5, 0.6) is 11.5 Å². The highest BCUT2D eigenvalue weighted by molar-refractivity contribution is 6.11. The average molecular weight is 274 g/mol. The molecule has 0 unspecified atom stereocenters. The Bertz CT molecular complexity index is 605. The standard InChI is InChI=1S/C15H18N2O3/c1-4-9-17-14(13(20-3)10-16-17)15(18)11-7-5-6-8-12(11)19-2/h5-8,10H,4,9H2,1-3H3. The number of methoxy groups -OCH3 is 2. The third kappa shape index (κ3) is 2.52. The van der Waals surface area contributed by atoms with E-state index >= 15 is 0 Å². The molecule has 5 heteroatoms. The van der Waals surface area contributed by atoms with E-state index in [0.717, 1.165) is 6.42 Å². The molecule has 0 aliphatic rings. The molecule has 0 bridgehead atoms. The van der Waals surface area contributed by atoms with E-state index in [1.54, 1.807) is 30.1 Å². The molecule has 5 nitrogen and oxygen atoms in total. The molecule has 20 heavy (non-hydrogen) atoms. The largest absolute Gasteiger partial charge is 0.496 e. The molecular weight excluding hydrogens is 256 g/mol. The molecule has 0 saturated carbocycles. The summed E-state index contributed by atoms with van der Waals surface area (Å²) in [5.74, 6) is 0.878. The average Bonchev–Trinajstić information content (AvgIpc) is 2.89. The van der Waals surface area contributed by atoms with Crippen molar-refractivity contribution in [1.29, 1.82) is 0 Å². The Kier molecular flexibility index (Phi) is 4.40. The summed E-state index contributed by atoms with van der Waals surface area (Å²) in [7, 11) is 3.08. The van der Waals surface area contributed by atoms with Crippen LogP contribution in [-0.4, -0.2) is 29.8 Å². The summed E-state index contributed by atoms with van der Waals surface area (Å²) >= 11 is 0. The molecule has 2 aromatic rings. The maximum Gasteiger partial charge on any atom is 0.218 e. The van der Waals surface area contributed by atoms with Crippen molar-refractivity contribution in [1.82, 2.24) is 9.78 Å². The van der Waals surface area contributed by atoms with Gasteiger partial charge in [-0.1, -0.05) is 19.1 Å². The van der Waals surface area contributed by atoms with Crippen LogP contribution < -0.4 is 9.47 Å². The van der Waals surface area contributed by atoms with Gasteiger partial charge in [-0.2, -0.15) is 5.10 Å². The van der Waals surface area contributed by atoms with Crippen LogP contribution in [0.3, 0.4) is 0 Å². The molecule has 2 rings (SSSR count). The number of aromatic nitrogens is 2. The van der Waals surface area contributed by atoms with E-state index in [1.807, 2.05) is 19.1 Å². The Morgan fingerprint density at radius 3 is 2.55 bits per heavy atom. The Balaban J connectivity index is 2.49.